The molecule has 0 bridgehead atoms. The van der Waals surface area contributed by atoms with E-state index in [4.69, 9.17) is 0 Å². The average Bonchev–Trinajstić information content (AvgIpc) is 2.56. The van der Waals surface area contributed by atoms with Crippen LogP contribution in [0.1, 0.15) is 76.7 Å². The molecule has 0 saturated carbocycles. The summed E-state index contributed by atoms with van der Waals surface area (Å²) in [6.07, 6.45) is 14.4. The number of nitrogens with zero attached hydrogens (tertiary/aromatic N) is 1. The fraction of sp³-hybridized carbons (Fsp3) is 0.727. The van der Waals surface area contributed by atoms with Gasteiger partial charge in [-0.05, 0) is 31.9 Å². The minimum Gasteiger partial charge on any atom is -0.744 e. The van der Waals surface area contributed by atoms with Crippen LogP contribution in [0.25, 0.3) is 0 Å². The zero-order valence-electron chi connectivity index (χ0n) is 18.2. The maximum atomic E-state index is 10.4. The highest BCUT2D eigenvalue weighted by Crippen LogP contribution is 2.11. The summed E-state index contributed by atoms with van der Waals surface area (Å²) in [6, 6.07) is 5.78. The summed E-state index contributed by atoms with van der Waals surface area (Å²) < 4.78 is 32.3. The molecule has 0 saturated heterocycles. The van der Waals surface area contributed by atoms with Gasteiger partial charge in [0, 0.05) is 0 Å². The van der Waals surface area contributed by atoms with Crippen LogP contribution in [0.2, 0.25) is 0 Å². The Bertz CT molecular complexity index is 575. The summed E-state index contributed by atoms with van der Waals surface area (Å²) in [5, 5.41) is 0. The molecule has 0 fully saturated rings. The van der Waals surface area contributed by atoms with E-state index in [0.717, 1.165) is 10.0 Å². The fourth-order valence-corrected chi connectivity index (χ4v) is 3.25. The fourth-order valence-electron chi connectivity index (χ4n) is 2.78. The molecule has 0 N–H and O–H groups in total. The molecule has 1 aromatic carbocycles. The van der Waals surface area contributed by atoms with Gasteiger partial charge in [0.25, 0.3) is 0 Å². The van der Waals surface area contributed by atoms with E-state index in [1.807, 2.05) is 6.92 Å². The lowest BCUT2D eigenvalue weighted by Gasteiger charge is -2.23. The Labute approximate surface area is 168 Å². The smallest absolute Gasteiger partial charge is 0.124 e. The van der Waals surface area contributed by atoms with E-state index < -0.39 is 10.1 Å². The van der Waals surface area contributed by atoms with Gasteiger partial charge >= 0.3 is 0 Å². The average molecular weight is 400 g/mol. The second-order valence-corrected chi connectivity index (χ2v) is 9.84. The Morgan fingerprint density at radius 3 is 1.56 bits per heavy atom. The van der Waals surface area contributed by atoms with Gasteiger partial charge in [0.2, 0.25) is 0 Å². The lowest BCUT2D eigenvalue weighted by atomic mass is 10.1. The quantitative estimate of drug-likeness (QED) is 0.264. The summed E-state index contributed by atoms with van der Waals surface area (Å²) in [5.41, 5.74) is 0.928. The molecule has 0 aliphatic heterocycles. The SMILES string of the molecule is CCCCCCCCCCCC[N+](C)(C)C.Cc1ccc(S(=O)(=O)[O-])cc1. The molecule has 0 radical (unpaired) electrons. The Morgan fingerprint density at radius 1 is 0.778 bits per heavy atom. The van der Waals surface area contributed by atoms with E-state index in [0.29, 0.717) is 0 Å². The molecule has 4 nitrogen and oxygen atoms in total. The summed E-state index contributed by atoms with van der Waals surface area (Å²) in [7, 11) is 2.59. The first kappa shape index (κ1) is 26.1. The minimum atomic E-state index is -4.27. The largest absolute Gasteiger partial charge is 0.744 e. The van der Waals surface area contributed by atoms with Crippen LogP contribution in [-0.2, 0) is 10.1 Å². The predicted molar refractivity (Wildman–Crippen MR) is 114 cm³/mol. The van der Waals surface area contributed by atoms with E-state index in [-0.39, 0.29) is 4.90 Å². The zero-order chi connectivity index (χ0) is 20.8. The zero-order valence-corrected chi connectivity index (χ0v) is 19.0. The summed E-state index contributed by atoms with van der Waals surface area (Å²) in [6.45, 7) is 5.44. The van der Waals surface area contributed by atoms with E-state index in [1.165, 1.54) is 82.9 Å². The molecule has 0 amide bonds. The first-order valence-electron chi connectivity index (χ1n) is 10.4. The predicted octanol–water partition coefficient (Wildman–Crippen LogP) is 5.51. The lowest BCUT2D eigenvalue weighted by Crippen LogP contribution is -2.35. The van der Waals surface area contributed by atoms with Crippen LogP contribution < -0.4 is 0 Å². The molecule has 0 unspecified atom stereocenters. The van der Waals surface area contributed by atoms with E-state index in [9.17, 15) is 13.0 Å². The van der Waals surface area contributed by atoms with Crippen LogP contribution in [0.4, 0.5) is 0 Å². The molecule has 0 heterocycles. The summed E-state index contributed by atoms with van der Waals surface area (Å²) in [4.78, 5) is -0.178. The molecular formula is C22H41NO3S. The molecule has 27 heavy (non-hydrogen) atoms. The molecule has 0 atom stereocenters. The monoisotopic (exact) mass is 399 g/mol. The van der Waals surface area contributed by atoms with Gasteiger partial charge in [-0.2, -0.15) is 0 Å². The standard InChI is InChI=1S/C15H34N.C7H8O3S/c1-5-6-7-8-9-10-11-12-13-14-15-16(2,3)4;1-6-2-4-7(5-3-6)11(8,9)10/h5-15H2,1-4H3;2-5H,1H3,(H,8,9,10)/q+1;/p-1. The highest BCUT2D eigenvalue weighted by molar-refractivity contribution is 7.85. The molecular weight excluding hydrogens is 358 g/mol. The molecule has 0 spiro atoms. The van der Waals surface area contributed by atoms with Crippen LogP contribution in [0.3, 0.4) is 0 Å². The van der Waals surface area contributed by atoms with Crippen LogP contribution in [-0.4, -0.2) is 45.1 Å². The number of rotatable bonds is 12. The Kier molecular flexibility index (Phi) is 13.7. The van der Waals surface area contributed by atoms with Gasteiger partial charge in [0.05, 0.1) is 32.6 Å². The maximum absolute atomic E-state index is 10.4. The molecule has 5 heteroatoms. The highest BCUT2D eigenvalue weighted by Gasteiger charge is 2.04. The van der Waals surface area contributed by atoms with Crippen molar-refractivity contribution in [1.29, 1.82) is 0 Å². The number of benzene rings is 1. The molecule has 1 rings (SSSR count). The highest BCUT2D eigenvalue weighted by atomic mass is 32.2. The van der Waals surface area contributed by atoms with Crippen molar-refractivity contribution in [2.24, 2.45) is 0 Å². The van der Waals surface area contributed by atoms with Gasteiger partial charge in [-0.25, -0.2) is 8.42 Å². The van der Waals surface area contributed by atoms with Crippen molar-refractivity contribution < 1.29 is 17.5 Å². The topological polar surface area (TPSA) is 57.2 Å². The normalized spacial score (nSPS) is 11.8. The Hall–Kier alpha value is -0.910. The third kappa shape index (κ3) is 17.0. The third-order valence-electron chi connectivity index (χ3n) is 4.49. The first-order chi connectivity index (χ1) is 12.6. The Balaban J connectivity index is 0.000000533. The molecule has 158 valence electrons. The van der Waals surface area contributed by atoms with Gasteiger partial charge in [0.1, 0.15) is 10.1 Å². The van der Waals surface area contributed by atoms with Crippen LogP contribution >= 0.6 is 0 Å². The van der Waals surface area contributed by atoms with Crippen molar-refractivity contribution in [2.75, 3.05) is 27.7 Å². The van der Waals surface area contributed by atoms with Crippen molar-refractivity contribution >= 4 is 10.1 Å². The van der Waals surface area contributed by atoms with E-state index in [2.05, 4.69) is 28.1 Å². The first-order valence-corrected chi connectivity index (χ1v) is 11.8. The van der Waals surface area contributed by atoms with Crippen molar-refractivity contribution in [1.82, 2.24) is 0 Å². The maximum Gasteiger partial charge on any atom is 0.124 e. The van der Waals surface area contributed by atoms with E-state index in [1.54, 1.807) is 12.1 Å². The van der Waals surface area contributed by atoms with Crippen LogP contribution in [0, 0.1) is 6.92 Å². The van der Waals surface area contributed by atoms with Crippen LogP contribution in [0.5, 0.6) is 0 Å². The molecule has 0 aromatic heterocycles. The third-order valence-corrected chi connectivity index (χ3v) is 5.34. The number of hydrogen-bond donors (Lipinski definition) is 0. The van der Waals surface area contributed by atoms with Gasteiger partial charge in [0.15, 0.2) is 0 Å². The van der Waals surface area contributed by atoms with Crippen molar-refractivity contribution in [3.05, 3.63) is 29.8 Å². The number of quaternary nitrogens is 1. The van der Waals surface area contributed by atoms with Gasteiger partial charge in [-0.15, -0.1) is 0 Å². The molecule has 1 aromatic rings. The second-order valence-electron chi connectivity index (χ2n) is 8.46. The van der Waals surface area contributed by atoms with Gasteiger partial charge in [-0.1, -0.05) is 76.0 Å². The number of aryl methyl sites for hydroxylation is 1. The lowest BCUT2D eigenvalue weighted by molar-refractivity contribution is -0.870. The number of hydrogen-bond acceptors (Lipinski definition) is 3. The van der Waals surface area contributed by atoms with Crippen molar-refractivity contribution in [2.45, 2.75) is 83.0 Å². The summed E-state index contributed by atoms with van der Waals surface area (Å²) >= 11 is 0. The summed E-state index contributed by atoms with van der Waals surface area (Å²) in [5.74, 6) is 0. The molecule has 0 aliphatic rings. The Morgan fingerprint density at radius 2 is 1.19 bits per heavy atom. The number of unbranched alkanes of at least 4 members (excludes halogenated alkanes) is 9. The van der Waals surface area contributed by atoms with Crippen LogP contribution in [0.15, 0.2) is 29.2 Å². The van der Waals surface area contributed by atoms with Gasteiger partial charge < -0.3 is 9.04 Å². The van der Waals surface area contributed by atoms with Gasteiger partial charge in [-0.3, -0.25) is 0 Å². The van der Waals surface area contributed by atoms with Crippen molar-refractivity contribution in [3.8, 4) is 0 Å². The molecule has 0 aliphatic carbocycles. The van der Waals surface area contributed by atoms with E-state index >= 15 is 0 Å². The minimum absolute atomic E-state index is 0.178. The van der Waals surface area contributed by atoms with Crippen molar-refractivity contribution in [3.63, 3.8) is 0 Å². The second kappa shape index (κ2) is 14.1.